The van der Waals surface area contributed by atoms with E-state index in [1.54, 1.807) is 0 Å². The number of rotatable bonds is 3. The van der Waals surface area contributed by atoms with E-state index in [9.17, 15) is 0 Å². The first kappa shape index (κ1) is 10.0. The molecule has 0 aromatic rings. The van der Waals surface area contributed by atoms with Gasteiger partial charge >= 0.3 is 0 Å². The Kier molecular flexibility index (Phi) is 4.07. The zero-order valence-corrected chi connectivity index (χ0v) is 8.55. The van der Waals surface area contributed by atoms with Crippen LogP contribution in [0.3, 0.4) is 0 Å². The topological polar surface area (TPSA) is 26.0 Å². The van der Waals surface area contributed by atoms with E-state index in [0.29, 0.717) is 6.04 Å². The van der Waals surface area contributed by atoms with Crippen molar-refractivity contribution < 1.29 is 0 Å². The quantitative estimate of drug-likeness (QED) is 0.690. The van der Waals surface area contributed by atoms with Crippen molar-refractivity contribution in [2.24, 2.45) is 17.6 Å². The second kappa shape index (κ2) is 4.86. The largest absolute Gasteiger partial charge is 0.327 e. The van der Waals surface area contributed by atoms with Crippen molar-refractivity contribution in [2.45, 2.75) is 58.4 Å². The number of hydrogen-bond acceptors (Lipinski definition) is 1. The van der Waals surface area contributed by atoms with Gasteiger partial charge in [-0.05, 0) is 31.1 Å². The highest BCUT2D eigenvalue weighted by Gasteiger charge is 2.26. The van der Waals surface area contributed by atoms with Gasteiger partial charge < -0.3 is 5.73 Å². The normalized spacial score (nSPS) is 36.8. The van der Waals surface area contributed by atoms with Crippen LogP contribution in [0.5, 0.6) is 0 Å². The summed E-state index contributed by atoms with van der Waals surface area (Å²) in [5, 5.41) is 0. The highest BCUT2D eigenvalue weighted by Crippen LogP contribution is 2.30. The maximum Gasteiger partial charge on any atom is 0.00929 e. The summed E-state index contributed by atoms with van der Waals surface area (Å²) in [6, 6.07) is 0.491. The smallest absolute Gasteiger partial charge is 0.00929 e. The fourth-order valence-corrected chi connectivity index (χ4v) is 2.35. The van der Waals surface area contributed by atoms with Crippen LogP contribution in [0, 0.1) is 11.8 Å². The van der Waals surface area contributed by atoms with Gasteiger partial charge in [0.25, 0.3) is 0 Å². The molecule has 0 aromatic carbocycles. The summed E-state index contributed by atoms with van der Waals surface area (Å²) in [5.41, 5.74) is 6.16. The monoisotopic (exact) mass is 169 g/mol. The molecular formula is C11H23N. The van der Waals surface area contributed by atoms with E-state index in [2.05, 4.69) is 13.8 Å². The van der Waals surface area contributed by atoms with E-state index in [1.807, 2.05) is 0 Å². The van der Waals surface area contributed by atoms with Crippen LogP contribution in [-0.4, -0.2) is 6.04 Å². The molecule has 1 rings (SSSR count). The van der Waals surface area contributed by atoms with Crippen LogP contribution in [-0.2, 0) is 0 Å². The Morgan fingerprint density at radius 1 is 1.33 bits per heavy atom. The Balaban J connectivity index is 2.30. The Morgan fingerprint density at radius 3 is 2.75 bits per heavy atom. The van der Waals surface area contributed by atoms with Gasteiger partial charge in [-0.1, -0.05) is 33.1 Å². The van der Waals surface area contributed by atoms with Crippen molar-refractivity contribution in [3.05, 3.63) is 0 Å². The molecular weight excluding hydrogens is 146 g/mol. The predicted octanol–water partition coefficient (Wildman–Crippen LogP) is 2.94. The molecule has 0 aromatic heterocycles. The predicted molar refractivity (Wildman–Crippen MR) is 54.0 cm³/mol. The molecule has 1 nitrogen and oxygen atoms in total. The van der Waals surface area contributed by atoms with Crippen molar-refractivity contribution in [3.8, 4) is 0 Å². The van der Waals surface area contributed by atoms with Gasteiger partial charge in [-0.15, -0.1) is 0 Å². The molecule has 1 heteroatoms. The molecule has 1 aliphatic carbocycles. The Bertz CT molecular complexity index is 122. The number of nitrogens with two attached hydrogens (primary N) is 1. The van der Waals surface area contributed by atoms with E-state index in [-0.39, 0.29) is 0 Å². The van der Waals surface area contributed by atoms with Crippen molar-refractivity contribution in [1.82, 2.24) is 0 Å². The zero-order chi connectivity index (χ0) is 8.97. The SMILES string of the molecule is CCCCC1CCCC(C)C1N. The van der Waals surface area contributed by atoms with Crippen LogP contribution in [0.2, 0.25) is 0 Å². The lowest BCUT2D eigenvalue weighted by atomic mass is 9.76. The van der Waals surface area contributed by atoms with Gasteiger partial charge in [0.05, 0.1) is 0 Å². The maximum absolute atomic E-state index is 6.16. The molecule has 3 atom stereocenters. The fraction of sp³-hybridized carbons (Fsp3) is 1.00. The maximum atomic E-state index is 6.16. The lowest BCUT2D eigenvalue weighted by molar-refractivity contribution is 0.220. The van der Waals surface area contributed by atoms with Crippen LogP contribution >= 0.6 is 0 Å². The molecule has 0 aliphatic heterocycles. The lowest BCUT2D eigenvalue weighted by Crippen LogP contribution is -2.39. The van der Waals surface area contributed by atoms with Crippen molar-refractivity contribution >= 4 is 0 Å². The zero-order valence-electron chi connectivity index (χ0n) is 8.55. The Hall–Kier alpha value is -0.0400. The van der Waals surface area contributed by atoms with Gasteiger partial charge in [-0.3, -0.25) is 0 Å². The summed E-state index contributed by atoms with van der Waals surface area (Å²) in [7, 11) is 0. The minimum absolute atomic E-state index is 0.491. The molecule has 0 heterocycles. The van der Waals surface area contributed by atoms with Crippen LogP contribution < -0.4 is 5.73 Å². The van der Waals surface area contributed by atoms with Crippen LogP contribution in [0.4, 0.5) is 0 Å². The van der Waals surface area contributed by atoms with E-state index in [0.717, 1.165) is 11.8 Å². The lowest BCUT2D eigenvalue weighted by Gasteiger charge is -2.33. The number of hydrogen-bond donors (Lipinski definition) is 1. The average Bonchev–Trinajstić information content (AvgIpc) is 2.08. The van der Waals surface area contributed by atoms with E-state index < -0.39 is 0 Å². The molecule has 0 saturated heterocycles. The second-order valence-corrected chi connectivity index (χ2v) is 4.39. The standard InChI is InChI=1S/C11H23N/c1-3-4-7-10-8-5-6-9(2)11(10)12/h9-11H,3-8,12H2,1-2H3. The highest BCUT2D eigenvalue weighted by molar-refractivity contribution is 4.82. The van der Waals surface area contributed by atoms with Crippen molar-refractivity contribution in [1.29, 1.82) is 0 Å². The van der Waals surface area contributed by atoms with Crippen molar-refractivity contribution in [2.75, 3.05) is 0 Å². The first-order valence-electron chi connectivity index (χ1n) is 5.51. The summed E-state index contributed by atoms with van der Waals surface area (Å²) in [4.78, 5) is 0. The van der Waals surface area contributed by atoms with E-state index in [1.165, 1.54) is 38.5 Å². The molecule has 0 radical (unpaired) electrons. The highest BCUT2D eigenvalue weighted by atomic mass is 14.7. The van der Waals surface area contributed by atoms with Gasteiger partial charge in [0.15, 0.2) is 0 Å². The fourth-order valence-electron chi connectivity index (χ4n) is 2.35. The summed E-state index contributed by atoms with van der Waals surface area (Å²) >= 11 is 0. The van der Waals surface area contributed by atoms with E-state index in [4.69, 9.17) is 5.73 Å². The molecule has 12 heavy (non-hydrogen) atoms. The molecule has 72 valence electrons. The molecule has 1 saturated carbocycles. The van der Waals surface area contributed by atoms with E-state index >= 15 is 0 Å². The molecule has 3 unspecified atom stereocenters. The Morgan fingerprint density at radius 2 is 2.08 bits per heavy atom. The molecule has 1 aliphatic rings. The van der Waals surface area contributed by atoms with Gasteiger partial charge in [0, 0.05) is 6.04 Å². The Labute approximate surface area is 76.7 Å². The number of unbranched alkanes of at least 4 members (excludes halogenated alkanes) is 1. The minimum atomic E-state index is 0.491. The third-order valence-electron chi connectivity index (χ3n) is 3.36. The van der Waals surface area contributed by atoms with Gasteiger partial charge in [0.1, 0.15) is 0 Å². The summed E-state index contributed by atoms with van der Waals surface area (Å²) < 4.78 is 0. The minimum Gasteiger partial charge on any atom is -0.327 e. The molecule has 0 bridgehead atoms. The molecule has 2 N–H and O–H groups in total. The molecule has 0 amide bonds. The summed E-state index contributed by atoms with van der Waals surface area (Å²) in [6.07, 6.45) is 8.18. The van der Waals surface area contributed by atoms with Crippen LogP contribution in [0.25, 0.3) is 0 Å². The second-order valence-electron chi connectivity index (χ2n) is 4.39. The van der Waals surface area contributed by atoms with Gasteiger partial charge in [-0.25, -0.2) is 0 Å². The van der Waals surface area contributed by atoms with Gasteiger partial charge in [0.2, 0.25) is 0 Å². The first-order chi connectivity index (χ1) is 5.75. The van der Waals surface area contributed by atoms with Crippen LogP contribution in [0.1, 0.15) is 52.4 Å². The van der Waals surface area contributed by atoms with Crippen LogP contribution in [0.15, 0.2) is 0 Å². The summed E-state index contributed by atoms with van der Waals surface area (Å²) in [5.74, 6) is 1.59. The third kappa shape index (κ3) is 2.48. The van der Waals surface area contributed by atoms with Gasteiger partial charge in [-0.2, -0.15) is 0 Å². The summed E-state index contributed by atoms with van der Waals surface area (Å²) in [6.45, 7) is 4.57. The molecule has 0 spiro atoms. The third-order valence-corrected chi connectivity index (χ3v) is 3.36. The molecule has 1 fully saturated rings. The average molecular weight is 169 g/mol. The first-order valence-corrected chi connectivity index (χ1v) is 5.51. The van der Waals surface area contributed by atoms with Crippen molar-refractivity contribution in [3.63, 3.8) is 0 Å².